The standard InChI is InChI=1S/C20H28N4O/c1-12(2)15-8-7-9-16(13(3)4)19(15)24-20(25)17-10-18(22-11-21-17)23-14(5)6/h7-14H,1-6H3,(H,24,25)(H,21,22,23). The Morgan fingerprint density at radius 1 is 0.960 bits per heavy atom. The number of aromatic nitrogens is 2. The zero-order chi connectivity index (χ0) is 18.6. The lowest BCUT2D eigenvalue weighted by atomic mass is 9.92. The molecule has 0 aliphatic carbocycles. The topological polar surface area (TPSA) is 66.9 Å². The maximum absolute atomic E-state index is 12.8. The van der Waals surface area contributed by atoms with Gasteiger partial charge in [0.15, 0.2) is 0 Å². The van der Waals surface area contributed by atoms with Crippen molar-refractivity contribution >= 4 is 17.4 Å². The molecule has 2 rings (SSSR count). The molecule has 1 aromatic heterocycles. The van der Waals surface area contributed by atoms with E-state index in [9.17, 15) is 4.79 Å². The van der Waals surface area contributed by atoms with Gasteiger partial charge in [-0.15, -0.1) is 0 Å². The lowest BCUT2D eigenvalue weighted by molar-refractivity contribution is 0.102. The maximum Gasteiger partial charge on any atom is 0.274 e. The van der Waals surface area contributed by atoms with Crippen LogP contribution in [0.3, 0.4) is 0 Å². The maximum atomic E-state index is 12.8. The van der Waals surface area contributed by atoms with Crippen LogP contribution in [-0.4, -0.2) is 21.9 Å². The molecule has 2 N–H and O–H groups in total. The van der Waals surface area contributed by atoms with Gasteiger partial charge in [-0.2, -0.15) is 0 Å². The first-order valence-electron chi connectivity index (χ1n) is 8.82. The Bertz CT molecular complexity index is 712. The average Bonchev–Trinajstić information content (AvgIpc) is 2.54. The van der Waals surface area contributed by atoms with Gasteiger partial charge in [-0.25, -0.2) is 9.97 Å². The van der Waals surface area contributed by atoms with Gasteiger partial charge < -0.3 is 10.6 Å². The number of carbonyl (C=O) groups excluding carboxylic acids is 1. The Kier molecular flexibility index (Phi) is 6.12. The van der Waals surface area contributed by atoms with Crippen LogP contribution in [0.25, 0.3) is 0 Å². The molecule has 1 heterocycles. The van der Waals surface area contributed by atoms with Gasteiger partial charge in [0.05, 0.1) is 0 Å². The summed E-state index contributed by atoms with van der Waals surface area (Å²) in [7, 11) is 0. The number of rotatable bonds is 6. The summed E-state index contributed by atoms with van der Waals surface area (Å²) in [6.07, 6.45) is 1.41. The van der Waals surface area contributed by atoms with Crippen molar-refractivity contribution in [3.63, 3.8) is 0 Å². The highest BCUT2D eigenvalue weighted by Crippen LogP contribution is 2.32. The average molecular weight is 340 g/mol. The first-order valence-corrected chi connectivity index (χ1v) is 8.82. The predicted octanol–water partition coefficient (Wildman–Crippen LogP) is 4.80. The van der Waals surface area contributed by atoms with Crippen molar-refractivity contribution in [2.24, 2.45) is 0 Å². The highest BCUT2D eigenvalue weighted by atomic mass is 16.1. The van der Waals surface area contributed by atoms with Gasteiger partial charge in [-0.05, 0) is 36.8 Å². The second kappa shape index (κ2) is 8.10. The molecule has 0 aliphatic rings. The van der Waals surface area contributed by atoms with Crippen LogP contribution in [0.5, 0.6) is 0 Å². The molecule has 5 heteroatoms. The molecule has 0 fully saturated rings. The number of hydrogen-bond donors (Lipinski definition) is 2. The van der Waals surface area contributed by atoms with Crippen molar-refractivity contribution in [1.82, 2.24) is 9.97 Å². The highest BCUT2D eigenvalue weighted by molar-refractivity contribution is 6.04. The second-order valence-corrected chi connectivity index (χ2v) is 7.16. The third kappa shape index (κ3) is 4.78. The third-order valence-electron chi connectivity index (χ3n) is 3.95. The zero-order valence-corrected chi connectivity index (χ0v) is 15.9. The van der Waals surface area contributed by atoms with Crippen LogP contribution in [0.15, 0.2) is 30.6 Å². The summed E-state index contributed by atoms with van der Waals surface area (Å²) >= 11 is 0. The van der Waals surface area contributed by atoms with Crippen LogP contribution in [0.1, 0.15) is 75.0 Å². The van der Waals surface area contributed by atoms with Crippen LogP contribution >= 0.6 is 0 Å². The number of amides is 1. The number of anilines is 2. The van der Waals surface area contributed by atoms with Gasteiger partial charge in [0.25, 0.3) is 5.91 Å². The third-order valence-corrected chi connectivity index (χ3v) is 3.95. The Balaban J connectivity index is 2.35. The molecule has 2 aromatic rings. The van der Waals surface area contributed by atoms with E-state index in [0.29, 0.717) is 23.3 Å². The lowest BCUT2D eigenvalue weighted by Gasteiger charge is -2.20. The fourth-order valence-corrected chi connectivity index (χ4v) is 2.73. The summed E-state index contributed by atoms with van der Waals surface area (Å²) in [6, 6.07) is 8.10. The fraction of sp³-hybridized carbons (Fsp3) is 0.450. The van der Waals surface area contributed by atoms with Crippen molar-refractivity contribution < 1.29 is 4.79 Å². The number of benzene rings is 1. The van der Waals surface area contributed by atoms with E-state index in [4.69, 9.17) is 0 Å². The SMILES string of the molecule is CC(C)Nc1cc(C(=O)Nc2c(C(C)C)cccc2C(C)C)ncn1. The quantitative estimate of drug-likeness (QED) is 0.793. The molecule has 0 spiro atoms. The summed E-state index contributed by atoms with van der Waals surface area (Å²) in [5, 5.41) is 6.27. The molecule has 0 aliphatic heterocycles. The summed E-state index contributed by atoms with van der Waals surface area (Å²) in [5.41, 5.74) is 3.52. The van der Waals surface area contributed by atoms with Gasteiger partial charge in [-0.3, -0.25) is 4.79 Å². The van der Waals surface area contributed by atoms with Crippen molar-refractivity contribution in [3.8, 4) is 0 Å². The van der Waals surface area contributed by atoms with Crippen molar-refractivity contribution in [1.29, 1.82) is 0 Å². The second-order valence-electron chi connectivity index (χ2n) is 7.16. The Labute approximate surface area is 150 Å². The number of nitrogens with zero attached hydrogens (tertiary/aromatic N) is 2. The van der Waals surface area contributed by atoms with E-state index in [-0.39, 0.29) is 11.9 Å². The molecule has 0 saturated heterocycles. The van der Waals surface area contributed by atoms with Gasteiger partial charge in [0, 0.05) is 17.8 Å². The van der Waals surface area contributed by atoms with Gasteiger partial charge in [0.2, 0.25) is 0 Å². The lowest BCUT2D eigenvalue weighted by Crippen LogP contribution is -2.18. The molecule has 25 heavy (non-hydrogen) atoms. The van der Waals surface area contributed by atoms with E-state index in [1.807, 2.05) is 13.8 Å². The van der Waals surface area contributed by atoms with E-state index in [2.05, 4.69) is 66.5 Å². The first-order chi connectivity index (χ1) is 11.8. The van der Waals surface area contributed by atoms with Crippen molar-refractivity contribution in [2.75, 3.05) is 10.6 Å². The molecule has 5 nitrogen and oxygen atoms in total. The van der Waals surface area contributed by atoms with E-state index in [0.717, 1.165) is 16.8 Å². The van der Waals surface area contributed by atoms with Gasteiger partial charge in [0.1, 0.15) is 17.8 Å². The minimum Gasteiger partial charge on any atom is -0.368 e. The number of nitrogens with one attached hydrogen (secondary N) is 2. The fourth-order valence-electron chi connectivity index (χ4n) is 2.73. The Hall–Kier alpha value is -2.43. The number of carbonyl (C=O) groups is 1. The van der Waals surface area contributed by atoms with E-state index in [1.54, 1.807) is 6.07 Å². The predicted molar refractivity (Wildman–Crippen MR) is 103 cm³/mol. The van der Waals surface area contributed by atoms with Crippen LogP contribution in [0.2, 0.25) is 0 Å². The minimum absolute atomic E-state index is 0.218. The molecular formula is C20H28N4O. The van der Waals surface area contributed by atoms with E-state index in [1.165, 1.54) is 6.33 Å². The molecule has 1 amide bonds. The smallest absolute Gasteiger partial charge is 0.274 e. The zero-order valence-electron chi connectivity index (χ0n) is 15.9. The first kappa shape index (κ1) is 18.9. The van der Waals surface area contributed by atoms with Crippen LogP contribution in [-0.2, 0) is 0 Å². The van der Waals surface area contributed by atoms with Crippen LogP contribution < -0.4 is 10.6 Å². The van der Waals surface area contributed by atoms with Crippen LogP contribution in [0, 0.1) is 0 Å². The van der Waals surface area contributed by atoms with Crippen molar-refractivity contribution in [3.05, 3.63) is 47.4 Å². The summed E-state index contributed by atoms with van der Waals surface area (Å²) in [5.74, 6) is 1.07. The normalized spacial score (nSPS) is 11.2. The Morgan fingerprint density at radius 2 is 1.56 bits per heavy atom. The Morgan fingerprint density at radius 3 is 2.08 bits per heavy atom. The molecule has 1 aromatic carbocycles. The molecule has 0 bridgehead atoms. The summed E-state index contributed by atoms with van der Waals surface area (Å²) < 4.78 is 0. The minimum atomic E-state index is -0.218. The number of para-hydroxylation sites is 1. The number of hydrogen-bond acceptors (Lipinski definition) is 4. The monoisotopic (exact) mass is 340 g/mol. The van der Waals surface area contributed by atoms with Crippen LogP contribution in [0.4, 0.5) is 11.5 Å². The molecule has 134 valence electrons. The van der Waals surface area contributed by atoms with Gasteiger partial charge >= 0.3 is 0 Å². The summed E-state index contributed by atoms with van der Waals surface area (Å²) in [4.78, 5) is 21.1. The molecule has 0 atom stereocenters. The highest BCUT2D eigenvalue weighted by Gasteiger charge is 2.17. The molecule has 0 radical (unpaired) electrons. The van der Waals surface area contributed by atoms with Gasteiger partial charge in [-0.1, -0.05) is 45.9 Å². The molecule has 0 saturated carbocycles. The summed E-state index contributed by atoms with van der Waals surface area (Å²) in [6.45, 7) is 12.6. The van der Waals surface area contributed by atoms with E-state index < -0.39 is 0 Å². The largest absolute Gasteiger partial charge is 0.368 e. The van der Waals surface area contributed by atoms with Crippen molar-refractivity contribution in [2.45, 2.75) is 59.4 Å². The van der Waals surface area contributed by atoms with E-state index >= 15 is 0 Å². The molecular weight excluding hydrogens is 312 g/mol. The molecule has 0 unspecified atom stereocenters.